The number of halogens is 2. The number of aromatic nitrogens is 3. The predicted octanol–water partition coefficient (Wildman–Crippen LogP) is 0.112. The number of hydrogen-bond acceptors (Lipinski definition) is 3. The molecule has 0 saturated heterocycles. The van der Waals surface area contributed by atoms with Crippen LogP contribution in [0.4, 0.5) is 8.78 Å². The van der Waals surface area contributed by atoms with Gasteiger partial charge >= 0.3 is 0 Å². The maximum atomic E-state index is 12.1. The van der Waals surface area contributed by atoms with E-state index in [1.807, 2.05) is 0 Å². The van der Waals surface area contributed by atoms with Gasteiger partial charge in [-0.3, -0.25) is 5.10 Å². The Morgan fingerprint density at radius 1 is 1.64 bits per heavy atom. The molecule has 62 valence electrons. The molecule has 11 heavy (non-hydrogen) atoms. The minimum atomic E-state index is -2.49. The lowest BCUT2D eigenvalue weighted by Gasteiger charge is -2.08. The number of aromatic amines is 1. The predicted molar refractivity (Wildman–Crippen MR) is 34.2 cm³/mol. The molecule has 0 aliphatic carbocycles. The Kier molecular flexibility index (Phi) is 2.48. The Morgan fingerprint density at radius 3 is 2.73 bits per heavy atom. The normalized spacial score (nSPS) is 13.8. The summed E-state index contributed by atoms with van der Waals surface area (Å²) in [4.78, 5) is 3.58. The summed E-state index contributed by atoms with van der Waals surface area (Å²) in [5, 5.41) is 5.80. The van der Waals surface area contributed by atoms with Gasteiger partial charge in [0.1, 0.15) is 12.2 Å². The summed E-state index contributed by atoms with van der Waals surface area (Å²) in [5.41, 5.74) is 5.10. The van der Waals surface area contributed by atoms with Gasteiger partial charge in [0.2, 0.25) is 6.43 Å². The van der Waals surface area contributed by atoms with E-state index in [0.29, 0.717) is 0 Å². The number of hydrogen-bond donors (Lipinski definition) is 2. The molecule has 1 aromatic rings. The minimum absolute atomic E-state index is 0.132. The summed E-state index contributed by atoms with van der Waals surface area (Å²) in [6, 6.07) is 0. The molecule has 0 aliphatic heterocycles. The smallest absolute Gasteiger partial charge is 0.249 e. The molecule has 1 unspecified atom stereocenters. The van der Waals surface area contributed by atoms with Gasteiger partial charge in [0.25, 0.3) is 0 Å². The number of nitrogens with zero attached hydrogens (tertiary/aromatic N) is 2. The number of nitrogens with two attached hydrogens (primary N) is 1. The molecule has 1 aromatic heterocycles. The first kappa shape index (κ1) is 8.06. The van der Waals surface area contributed by atoms with E-state index in [0.717, 1.165) is 0 Å². The fraction of sp³-hybridized carbons (Fsp3) is 0.600. The largest absolute Gasteiger partial charge is 0.330 e. The van der Waals surface area contributed by atoms with Gasteiger partial charge in [-0.05, 0) is 0 Å². The summed E-state index contributed by atoms with van der Waals surface area (Å²) >= 11 is 0. The Labute approximate surface area is 61.8 Å². The first-order chi connectivity index (χ1) is 5.25. The molecule has 6 heteroatoms. The van der Waals surface area contributed by atoms with Crippen LogP contribution in [-0.4, -0.2) is 28.2 Å². The van der Waals surface area contributed by atoms with E-state index >= 15 is 0 Å². The van der Waals surface area contributed by atoms with Crippen molar-refractivity contribution in [2.75, 3.05) is 6.54 Å². The second-order valence-corrected chi connectivity index (χ2v) is 2.05. The molecular formula is C5H8F2N4. The summed E-state index contributed by atoms with van der Waals surface area (Å²) in [5.74, 6) is -0.889. The van der Waals surface area contributed by atoms with E-state index in [9.17, 15) is 8.78 Å². The zero-order chi connectivity index (χ0) is 8.27. The fourth-order valence-electron chi connectivity index (χ4n) is 0.727. The molecular weight excluding hydrogens is 154 g/mol. The van der Waals surface area contributed by atoms with Crippen molar-refractivity contribution in [3.63, 3.8) is 0 Å². The van der Waals surface area contributed by atoms with Crippen LogP contribution < -0.4 is 5.73 Å². The summed E-state index contributed by atoms with van der Waals surface area (Å²) in [6.07, 6.45) is -1.31. The monoisotopic (exact) mass is 162 g/mol. The summed E-state index contributed by atoms with van der Waals surface area (Å²) in [7, 11) is 0. The highest BCUT2D eigenvalue weighted by atomic mass is 19.3. The molecule has 1 rings (SSSR count). The van der Waals surface area contributed by atoms with Crippen molar-refractivity contribution < 1.29 is 8.78 Å². The molecule has 0 bridgehead atoms. The number of rotatable bonds is 3. The minimum Gasteiger partial charge on any atom is -0.330 e. The standard InChI is InChI=1S/C5H8F2N4/c6-4(7)3(1-8)5-9-2-10-11-5/h2-4H,1,8H2,(H,9,10,11). The van der Waals surface area contributed by atoms with Gasteiger partial charge in [0, 0.05) is 6.54 Å². The van der Waals surface area contributed by atoms with Crippen molar-refractivity contribution in [2.24, 2.45) is 5.73 Å². The molecule has 0 saturated carbocycles. The lowest BCUT2D eigenvalue weighted by atomic mass is 10.1. The van der Waals surface area contributed by atoms with Crippen LogP contribution in [0.2, 0.25) is 0 Å². The highest BCUT2D eigenvalue weighted by Gasteiger charge is 2.22. The summed E-state index contributed by atoms with van der Waals surface area (Å²) < 4.78 is 24.2. The lowest BCUT2D eigenvalue weighted by molar-refractivity contribution is 0.113. The number of H-pyrrole nitrogens is 1. The third kappa shape index (κ3) is 1.70. The second kappa shape index (κ2) is 3.38. The van der Waals surface area contributed by atoms with E-state index in [2.05, 4.69) is 15.2 Å². The number of nitrogens with one attached hydrogen (secondary N) is 1. The molecule has 3 N–H and O–H groups in total. The van der Waals surface area contributed by atoms with Crippen molar-refractivity contribution in [3.05, 3.63) is 12.2 Å². The van der Waals surface area contributed by atoms with Crippen LogP contribution in [0.15, 0.2) is 6.33 Å². The van der Waals surface area contributed by atoms with Crippen LogP contribution in [0.5, 0.6) is 0 Å². The van der Waals surface area contributed by atoms with Crippen LogP contribution in [0.25, 0.3) is 0 Å². The van der Waals surface area contributed by atoms with E-state index in [1.165, 1.54) is 6.33 Å². The van der Waals surface area contributed by atoms with Crippen LogP contribution >= 0.6 is 0 Å². The molecule has 0 spiro atoms. The van der Waals surface area contributed by atoms with Crippen LogP contribution in [0.1, 0.15) is 11.7 Å². The molecule has 0 aromatic carbocycles. The molecule has 0 fully saturated rings. The Hall–Kier alpha value is -1.04. The third-order valence-electron chi connectivity index (χ3n) is 1.34. The topological polar surface area (TPSA) is 67.6 Å². The van der Waals surface area contributed by atoms with E-state index in [1.54, 1.807) is 0 Å². The van der Waals surface area contributed by atoms with E-state index in [-0.39, 0.29) is 12.4 Å². The summed E-state index contributed by atoms with van der Waals surface area (Å²) in [6.45, 7) is -0.132. The van der Waals surface area contributed by atoms with Gasteiger partial charge in [-0.15, -0.1) is 0 Å². The molecule has 1 atom stereocenters. The van der Waals surface area contributed by atoms with Crippen molar-refractivity contribution in [1.82, 2.24) is 15.2 Å². The lowest BCUT2D eigenvalue weighted by Crippen LogP contribution is -2.20. The average Bonchev–Trinajstić information content (AvgIpc) is 2.40. The fourth-order valence-corrected chi connectivity index (χ4v) is 0.727. The van der Waals surface area contributed by atoms with Gasteiger partial charge in [0.05, 0.1) is 5.92 Å². The Morgan fingerprint density at radius 2 is 2.36 bits per heavy atom. The van der Waals surface area contributed by atoms with Crippen molar-refractivity contribution in [3.8, 4) is 0 Å². The van der Waals surface area contributed by atoms with Crippen molar-refractivity contribution in [1.29, 1.82) is 0 Å². The van der Waals surface area contributed by atoms with Gasteiger partial charge in [-0.25, -0.2) is 13.8 Å². The van der Waals surface area contributed by atoms with Gasteiger partial charge in [-0.1, -0.05) is 0 Å². The van der Waals surface area contributed by atoms with Crippen molar-refractivity contribution in [2.45, 2.75) is 12.3 Å². The van der Waals surface area contributed by atoms with Gasteiger partial charge in [-0.2, -0.15) is 5.10 Å². The van der Waals surface area contributed by atoms with Crippen LogP contribution in [-0.2, 0) is 0 Å². The van der Waals surface area contributed by atoms with E-state index < -0.39 is 12.3 Å². The first-order valence-electron chi connectivity index (χ1n) is 3.09. The molecule has 4 nitrogen and oxygen atoms in total. The second-order valence-electron chi connectivity index (χ2n) is 2.05. The van der Waals surface area contributed by atoms with E-state index in [4.69, 9.17) is 5.73 Å². The first-order valence-corrected chi connectivity index (χ1v) is 3.09. The zero-order valence-electron chi connectivity index (χ0n) is 5.67. The highest BCUT2D eigenvalue weighted by molar-refractivity contribution is 4.94. The highest BCUT2D eigenvalue weighted by Crippen LogP contribution is 2.17. The Balaban J connectivity index is 2.71. The number of alkyl halides is 2. The SMILES string of the molecule is NCC(c1ncn[nH]1)C(F)F. The van der Waals surface area contributed by atoms with Crippen molar-refractivity contribution >= 4 is 0 Å². The zero-order valence-corrected chi connectivity index (χ0v) is 5.67. The maximum Gasteiger partial charge on any atom is 0.249 e. The maximum absolute atomic E-state index is 12.1. The molecule has 0 radical (unpaired) electrons. The van der Waals surface area contributed by atoms with Crippen LogP contribution in [0, 0.1) is 0 Å². The Bertz CT molecular complexity index is 198. The molecule has 0 aliphatic rings. The molecule has 1 heterocycles. The average molecular weight is 162 g/mol. The molecule has 0 amide bonds. The van der Waals surface area contributed by atoms with Gasteiger partial charge < -0.3 is 5.73 Å². The third-order valence-corrected chi connectivity index (χ3v) is 1.34. The quantitative estimate of drug-likeness (QED) is 0.662. The van der Waals surface area contributed by atoms with Crippen LogP contribution in [0.3, 0.4) is 0 Å². The van der Waals surface area contributed by atoms with Gasteiger partial charge in [0.15, 0.2) is 0 Å².